The molecule has 14 aromatic rings. The van der Waals surface area contributed by atoms with Gasteiger partial charge in [0.25, 0.3) is 0 Å². The maximum atomic E-state index is 7.17. The molecule has 0 fully saturated rings. The van der Waals surface area contributed by atoms with Crippen LogP contribution in [0.15, 0.2) is 215 Å². The van der Waals surface area contributed by atoms with Gasteiger partial charge in [0.15, 0.2) is 11.4 Å². The molecule has 6 heteroatoms. The molecule has 0 radical (unpaired) electrons. The van der Waals surface area contributed by atoms with Crippen LogP contribution in [0.5, 0.6) is 0 Å². The third-order valence-corrected chi connectivity index (χ3v) is 16.7. The minimum absolute atomic E-state index is 0.0753. The lowest BCUT2D eigenvalue weighted by molar-refractivity contribution is 0.666. The Morgan fingerprint density at radius 3 is 1.65 bits per heavy atom. The molecule has 0 spiro atoms. The van der Waals surface area contributed by atoms with E-state index in [1.165, 1.54) is 72.7 Å². The highest BCUT2D eigenvalue weighted by Gasteiger charge is 2.27. The summed E-state index contributed by atoms with van der Waals surface area (Å²) in [6, 6.07) is 70.5. The van der Waals surface area contributed by atoms with Crippen LogP contribution in [0.2, 0.25) is 0 Å². The van der Waals surface area contributed by atoms with Gasteiger partial charge in [0.2, 0.25) is 0 Å². The zero-order chi connectivity index (χ0) is 45.3. The van der Waals surface area contributed by atoms with E-state index < -0.39 is 0 Å². The van der Waals surface area contributed by atoms with Crippen molar-refractivity contribution in [2.75, 3.05) is 0 Å². The largest absolute Gasteiger partial charge is 0.454 e. The van der Waals surface area contributed by atoms with Gasteiger partial charge in [0.1, 0.15) is 5.58 Å². The molecule has 4 aromatic heterocycles. The van der Waals surface area contributed by atoms with Gasteiger partial charge in [-0.3, -0.25) is 0 Å². The molecular weight excluding hydrogens is 879 g/mol. The molecule has 0 N–H and O–H groups in total. The Balaban J connectivity index is 1.05. The van der Waals surface area contributed by atoms with Crippen LogP contribution in [0.1, 0.15) is 30.0 Å². The molecule has 1 aliphatic heterocycles. The average molecular weight is 918 g/mol. The van der Waals surface area contributed by atoms with E-state index in [0.717, 1.165) is 73.2 Å². The Labute approximate surface area is 404 Å². The highest BCUT2D eigenvalue weighted by molar-refractivity contribution is 7.26. The number of aromatic nitrogens is 1. The van der Waals surface area contributed by atoms with E-state index in [1.54, 1.807) is 0 Å². The van der Waals surface area contributed by atoms with Gasteiger partial charge < -0.3 is 8.98 Å². The second-order valence-corrected chi connectivity index (χ2v) is 20.6. The van der Waals surface area contributed by atoms with Gasteiger partial charge in [-0.2, -0.15) is 0 Å². The third kappa shape index (κ3) is 5.86. The molecule has 0 saturated carbocycles. The predicted octanol–water partition coefficient (Wildman–Crippen LogP) is 18.0. The van der Waals surface area contributed by atoms with Crippen LogP contribution < -0.4 is 0 Å². The summed E-state index contributed by atoms with van der Waals surface area (Å²) in [6.45, 7) is 2.32. The van der Waals surface area contributed by atoms with E-state index in [2.05, 4.69) is 212 Å². The van der Waals surface area contributed by atoms with Gasteiger partial charge in [-0.15, -0.1) is 22.7 Å². The monoisotopic (exact) mass is 917 g/mol. The number of aliphatic imine (C=N–C) groups is 2. The highest BCUT2D eigenvalue weighted by atomic mass is 32.1. The van der Waals surface area contributed by atoms with Crippen LogP contribution in [0.3, 0.4) is 0 Å². The normalized spacial score (nSPS) is 17.1. The first-order valence-corrected chi connectivity index (χ1v) is 25.2. The first kappa shape index (κ1) is 38.9. The fourth-order valence-electron chi connectivity index (χ4n) is 11.2. The fraction of sp³-hybridized carbons (Fsp3) is 0.0476. The van der Waals surface area contributed by atoms with Crippen molar-refractivity contribution in [1.29, 1.82) is 0 Å². The van der Waals surface area contributed by atoms with E-state index in [0.29, 0.717) is 5.84 Å². The molecule has 0 bridgehead atoms. The summed E-state index contributed by atoms with van der Waals surface area (Å²) >= 11 is 3.68. The number of benzene rings is 10. The maximum Gasteiger partial charge on any atom is 0.160 e. The molecule has 4 nitrogen and oxygen atoms in total. The van der Waals surface area contributed by atoms with Crippen LogP contribution in [-0.4, -0.2) is 16.1 Å². The highest BCUT2D eigenvalue weighted by Crippen LogP contribution is 2.45. The lowest BCUT2D eigenvalue weighted by atomic mass is 9.90. The van der Waals surface area contributed by atoms with Crippen LogP contribution in [0.4, 0.5) is 0 Å². The van der Waals surface area contributed by atoms with E-state index in [-0.39, 0.29) is 5.92 Å². The van der Waals surface area contributed by atoms with Gasteiger partial charge in [0.05, 0.1) is 28.1 Å². The van der Waals surface area contributed by atoms with Gasteiger partial charge in [0, 0.05) is 84.5 Å². The quantitative estimate of drug-likeness (QED) is 0.173. The zero-order valence-electron chi connectivity index (χ0n) is 37.4. The van der Waals surface area contributed by atoms with E-state index in [4.69, 9.17) is 14.4 Å². The zero-order valence-corrected chi connectivity index (χ0v) is 39.0. The number of rotatable bonds is 4. The number of amidine groups is 1. The van der Waals surface area contributed by atoms with Crippen molar-refractivity contribution >= 4 is 146 Å². The van der Waals surface area contributed by atoms with Crippen molar-refractivity contribution in [2.24, 2.45) is 15.9 Å². The third-order valence-electron chi connectivity index (χ3n) is 14.4. The summed E-state index contributed by atoms with van der Waals surface area (Å²) in [5.74, 6) is 0.740. The summed E-state index contributed by atoms with van der Waals surface area (Å²) in [6.07, 6.45) is 3.14. The summed E-state index contributed by atoms with van der Waals surface area (Å²) in [5, 5.41) is 14.2. The first-order chi connectivity index (χ1) is 34.1. The van der Waals surface area contributed by atoms with Crippen molar-refractivity contribution in [3.63, 3.8) is 0 Å². The molecule has 0 saturated heterocycles. The van der Waals surface area contributed by atoms with Crippen LogP contribution in [-0.2, 0) is 0 Å². The predicted molar refractivity (Wildman–Crippen MR) is 297 cm³/mol. The average Bonchev–Trinajstić information content (AvgIpc) is 4.15. The number of para-hydroxylation sites is 1. The topological polar surface area (TPSA) is 42.8 Å². The van der Waals surface area contributed by atoms with Gasteiger partial charge >= 0.3 is 0 Å². The summed E-state index contributed by atoms with van der Waals surface area (Å²) in [7, 11) is 0. The van der Waals surface area contributed by atoms with E-state index in [9.17, 15) is 0 Å². The summed E-state index contributed by atoms with van der Waals surface area (Å²) in [5.41, 5.74) is 10.0. The summed E-state index contributed by atoms with van der Waals surface area (Å²) < 4.78 is 14.6. The Kier molecular flexibility index (Phi) is 8.41. The second kappa shape index (κ2) is 14.9. The van der Waals surface area contributed by atoms with Crippen LogP contribution in [0.25, 0.3) is 117 Å². The molecule has 324 valence electrons. The molecule has 69 heavy (non-hydrogen) atoms. The summed E-state index contributed by atoms with van der Waals surface area (Å²) in [4.78, 5) is 11.7. The minimum Gasteiger partial charge on any atom is -0.454 e. The van der Waals surface area contributed by atoms with Crippen molar-refractivity contribution in [3.8, 4) is 5.69 Å². The van der Waals surface area contributed by atoms with Crippen LogP contribution in [0, 0.1) is 5.92 Å². The number of nitrogens with zero attached hydrogens (tertiary/aromatic N) is 3. The van der Waals surface area contributed by atoms with Gasteiger partial charge in [-0.25, -0.2) is 9.98 Å². The number of hydrogen-bond acceptors (Lipinski definition) is 5. The molecule has 1 aliphatic rings. The molecule has 1 unspecified atom stereocenters. The molecule has 0 amide bonds. The Bertz CT molecular complexity index is 4520. The standard InChI is InChI=1S/C63H39N3OS2/c1-36-28-30-49(41-21-12-26-56-58(41)43-19-7-10-24-54(43)68-56)64-63(65-61(36)45-22-13-27-57-59(45)44-20-8-11-25-55(44)69-57)46-29-31-50(62-60(46)42-18-6-9-23-53(42)67-62)66-51-34-39-16-4-2-14-37(39)32-47(51)48-33-38-15-3-5-17-40(38)35-52(48)66/h2-27,29-36H,28H2,1H3/b49-30+,64-63-,65-61+. The van der Waals surface area contributed by atoms with Gasteiger partial charge in [-0.1, -0.05) is 140 Å². The molecular formula is C63H39N3OS2. The Morgan fingerprint density at radius 2 is 1.00 bits per heavy atom. The number of hydrogen-bond donors (Lipinski definition) is 0. The minimum atomic E-state index is 0.0753. The molecule has 10 aromatic carbocycles. The van der Waals surface area contributed by atoms with E-state index in [1.807, 2.05) is 22.7 Å². The number of thiophene rings is 2. The van der Waals surface area contributed by atoms with Crippen molar-refractivity contribution < 1.29 is 4.42 Å². The van der Waals surface area contributed by atoms with E-state index >= 15 is 0 Å². The second-order valence-electron chi connectivity index (χ2n) is 18.4. The smallest absolute Gasteiger partial charge is 0.160 e. The Hall–Kier alpha value is -8.16. The molecule has 0 aliphatic carbocycles. The van der Waals surface area contributed by atoms with Gasteiger partial charge in [-0.05, 0) is 94.7 Å². The van der Waals surface area contributed by atoms with Crippen molar-refractivity contribution in [3.05, 3.63) is 217 Å². The maximum absolute atomic E-state index is 7.17. The number of fused-ring (bicyclic) bond motifs is 14. The first-order valence-electron chi connectivity index (χ1n) is 23.6. The van der Waals surface area contributed by atoms with Crippen molar-refractivity contribution in [1.82, 2.24) is 4.57 Å². The molecule has 15 rings (SSSR count). The van der Waals surface area contributed by atoms with Crippen molar-refractivity contribution in [2.45, 2.75) is 13.3 Å². The SMILES string of the molecule is CC1C/C=C(c2cccc3sc4ccccc4c23)/N=C(c2ccc(-n3c4cc5ccccc5cc4c4cc5ccccc5cc43)c3oc4ccccc4c23)\N=C/1c1cccc2sc3ccccc3c12. The number of allylic oxidation sites excluding steroid dienone is 1. The lowest BCUT2D eigenvalue weighted by Crippen LogP contribution is -2.17. The van der Waals surface area contributed by atoms with Crippen LogP contribution >= 0.6 is 22.7 Å². The molecule has 5 heterocycles. The Morgan fingerprint density at radius 1 is 0.464 bits per heavy atom. The lowest BCUT2D eigenvalue weighted by Gasteiger charge is -2.20. The number of furan rings is 1. The molecule has 1 atom stereocenters. The fourth-order valence-corrected chi connectivity index (χ4v) is 13.5.